The van der Waals surface area contributed by atoms with Gasteiger partial charge in [-0.1, -0.05) is 51.1 Å². The first-order valence-corrected chi connectivity index (χ1v) is 10.1. The third-order valence-electron chi connectivity index (χ3n) is 4.63. The Morgan fingerprint density at radius 2 is 1.85 bits per heavy atom. The Morgan fingerprint density at radius 1 is 1.15 bits per heavy atom. The summed E-state index contributed by atoms with van der Waals surface area (Å²) in [5.74, 6) is -0.703. The van der Waals surface area contributed by atoms with Crippen LogP contribution in [0.4, 0.5) is 11.4 Å². The van der Waals surface area contributed by atoms with Crippen molar-refractivity contribution in [2.75, 3.05) is 10.6 Å². The van der Waals surface area contributed by atoms with E-state index in [9.17, 15) is 13.8 Å². The lowest BCUT2D eigenvalue weighted by Crippen LogP contribution is -2.39. The Morgan fingerprint density at radius 3 is 2.56 bits per heavy atom. The third kappa shape index (κ3) is 3.95. The molecule has 6 heteroatoms. The zero-order valence-electron chi connectivity index (χ0n) is 16.0. The van der Waals surface area contributed by atoms with Gasteiger partial charge in [-0.15, -0.1) is 0 Å². The average molecular weight is 385 g/mol. The molecule has 5 nitrogen and oxygen atoms in total. The van der Waals surface area contributed by atoms with Crippen LogP contribution in [0.1, 0.15) is 38.3 Å². The quantitative estimate of drug-likeness (QED) is 0.846. The highest BCUT2D eigenvalue weighted by Gasteiger charge is 2.35. The predicted octanol–water partition coefficient (Wildman–Crippen LogP) is 3.75. The maximum absolute atomic E-state index is 12.8. The van der Waals surface area contributed by atoms with E-state index in [1.807, 2.05) is 25.1 Å². The standard InChI is InChI=1S/C21H24N2O3S/c1-13-8-7-9-14(21(2,3)4)19(13)23-18(24)12-17-20(25)22-15-10-5-6-11-16(15)27(17)26/h5-11,17H,12H2,1-4H3,(H,22,25)(H,23,24)/t17-,27+/m1/s1. The van der Waals surface area contributed by atoms with E-state index in [0.29, 0.717) is 10.6 Å². The Kier molecular flexibility index (Phi) is 5.20. The summed E-state index contributed by atoms with van der Waals surface area (Å²) < 4.78 is 12.8. The number of rotatable bonds is 3. The van der Waals surface area contributed by atoms with E-state index in [1.54, 1.807) is 24.3 Å². The van der Waals surface area contributed by atoms with Crippen LogP contribution in [0.5, 0.6) is 0 Å². The number of hydrogen-bond donors (Lipinski definition) is 2. The second-order valence-electron chi connectivity index (χ2n) is 7.77. The van der Waals surface area contributed by atoms with Crippen molar-refractivity contribution in [3.8, 4) is 0 Å². The lowest BCUT2D eigenvalue weighted by molar-refractivity contribution is -0.120. The fourth-order valence-corrected chi connectivity index (χ4v) is 4.61. The van der Waals surface area contributed by atoms with Crippen LogP contribution in [0, 0.1) is 6.92 Å². The zero-order valence-corrected chi connectivity index (χ0v) is 16.8. The molecule has 2 atom stereocenters. The van der Waals surface area contributed by atoms with Gasteiger partial charge in [-0.05, 0) is 35.6 Å². The summed E-state index contributed by atoms with van der Waals surface area (Å²) in [7, 11) is -1.56. The Hall–Kier alpha value is -2.47. The topological polar surface area (TPSA) is 75.3 Å². The predicted molar refractivity (Wildman–Crippen MR) is 108 cm³/mol. The summed E-state index contributed by atoms with van der Waals surface area (Å²) >= 11 is 0. The number of aryl methyl sites for hydroxylation is 1. The van der Waals surface area contributed by atoms with Gasteiger partial charge in [0, 0.05) is 5.69 Å². The van der Waals surface area contributed by atoms with E-state index >= 15 is 0 Å². The van der Waals surface area contributed by atoms with Crippen molar-refractivity contribution in [3.63, 3.8) is 0 Å². The highest BCUT2D eigenvalue weighted by molar-refractivity contribution is 7.86. The van der Waals surface area contributed by atoms with Crippen LogP contribution in [0.3, 0.4) is 0 Å². The average Bonchev–Trinajstić information content (AvgIpc) is 2.59. The molecule has 0 bridgehead atoms. The van der Waals surface area contributed by atoms with E-state index in [0.717, 1.165) is 16.8 Å². The molecule has 2 N–H and O–H groups in total. The smallest absolute Gasteiger partial charge is 0.241 e. The van der Waals surface area contributed by atoms with Gasteiger partial charge in [-0.25, -0.2) is 0 Å². The molecule has 0 saturated heterocycles. The minimum atomic E-state index is -1.56. The Labute approximate surface area is 162 Å². The van der Waals surface area contributed by atoms with Crippen molar-refractivity contribution in [1.29, 1.82) is 0 Å². The number of nitrogens with one attached hydrogen (secondary N) is 2. The summed E-state index contributed by atoms with van der Waals surface area (Å²) in [6, 6.07) is 12.9. The lowest BCUT2D eigenvalue weighted by Gasteiger charge is -2.26. The maximum atomic E-state index is 12.8. The second kappa shape index (κ2) is 7.27. The summed E-state index contributed by atoms with van der Waals surface area (Å²) in [4.78, 5) is 25.6. The van der Waals surface area contributed by atoms with E-state index in [1.165, 1.54) is 0 Å². The molecule has 0 spiro atoms. The van der Waals surface area contributed by atoms with Crippen LogP contribution in [0.15, 0.2) is 47.4 Å². The van der Waals surface area contributed by atoms with Crippen LogP contribution in [-0.4, -0.2) is 21.3 Å². The molecule has 0 aliphatic carbocycles. The van der Waals surface area contributed by atoms with Gasteiger partial charge in [0.25, 0.3) is 0 Å². The molecule has 0 fully saturated rings. The minimum Gasteiger partial charge on any atom is -0.326 e. The van der Waals surface area contributed by atoms with Crippen molar-refractivity contribution < 1.29 is 13.8 Å². The van der Waals surface area contributed by atoms with Gasteiger partial charge in [0.05, 0.1) is 27.8 Å². The number of carbonyl (C=O) groups excluding carboxylic acids is 2. The van der Waals surface area contributed by atoms with E-state index < -0.39 is 16.0 Å². The first kappa shape index (κ1) is 19.3. The van der Waals surface area contributed by atoms with Gasteiger partial charge in [-0.2, -0.15) is 0 Å². The first-order valence-electron chi connectivity index (χ1n) is 8.89. The van der Waals surface area contributed by atoms with E-state index in [-0.39, 0.29) is 23.7 Å². The zero-order chi connectivity index (χ0) is 19.8. The number of benzene rings is 2. The Bertz CT molecular complexity index is 931. The number of hydrogen-bond acceptors (Lipinski definition) is 3. The molecule has 3 rings (SSSR count). The van der Waals surface area contributed by atoms with Gasteiger partial charge in [0.15, 0.2) is 0 Å². The largest absolute Gasteiger partial charge is 0.326 e. The van der Waals surface area contributed by atoms with E-state index in [2.05, 4.69) is 31.4 Å². The monoisotopic (exact) mass is 384 g/mol. The van der Waals surface area contributed by atoms with Crippen molar-refractivity contribution >= 4 is 34.0 Å². The summed E-state index contributed by atoms with van der Waals surface area (Å²) in [5, 5.41) is 4.79. The van der Waals surface area contributed by atoms with Crippen LogP contribution in [-0.2, 0) is 25.8 Å². The van der Waals surface area contributed by atoms with Gasteiger partial charge < -0.3 is 10.6 Å². The molecular formula is C21H24N2O3S. The SMILES string of the molecule is Cc1cccc(C(C)(C)C)c1NC(=O)C[C@@H]1C(=O)Nc2ccccc2[S@@]1=O. The van der Waals surface area contributed by atoms with Crippen LogP contribution in [0.25, 0.3) is 0 Å². The molecule has 27 heavy (non-hydrogen) atoms. The normalized spacial score (nSPS) is 19.2. The van der Waals surface area contributed by atoms with Crippen molar-refractivity contribution in [3.05, 3.63) is 53.6 Å². The maximum Gasteiger partial charge on any atom is 0.241 e. The molecule has 2 aromatic carbocycles. The van der Waals surface area contributed by atoms with Gasteiger partial charge >= 0.3 is 0 Å². The third-order valence-corrected chi connectivity index (χ3v) is 6.32. The molecular weight excluding hydrogens is 360 g/mol. The molecule has 2 amide bonds. The molecule has 1 aliphatic heterocycles. The van der Waals surface area contributed by atoms with E-state index in [4.69, 9.17) is 0 Å². The van der Waals surface area contributed by atoms with Gasteiger partial charge in [0.2, 0.25) is 11.8 Å². The van der Waals surface area contributed by atoms with Crippen molar-refractivity contribution in [2.45, 2.75) is 49.7 Å². The molecule has 0 saturated carbocycles. The van der Waals surface area contributed by atoms with Crippen LogP contribution < -0.4 is 10.6 Å². The molecule has 1 heterocycles. The summed E-state index contributed by atoms with van der Waals surface area (Å²) in [5.41, 5.74) is 3.15. The number of para-hydroxylation sites is 2. The molecule has 0 unspecified atom stereocenters. The lowest BCUT2D eigenvalue weighted by atomic mass is 9.84. The van der Waals surface area contributed by atoms with Crippen LogP contribution in [0.2, 0.25) is 0 Å². The second-order valence-corrected chi connectivity index (χ2v) is 9.37. The first-order chi connectivity index (χ1) is 12.7. The highest BCUT2D eigenvalue weighted by Crippen LogP contribution is 2.33. The minimum absolute atomic E-state index is 0.134. The number of amides is 2. The summed E-state index contributed by atoms with van der Waals surface area (Å²) in [6.07, 6.45) is -0.134. The summed E-state index contributed by atoms with van der Waals surface area (Å²) in [6.45, 7) is 8.18. The van der Waals surface area contributed by atoms with Crippen LogP contribution >= 0.6 is 0 Å². The fourth-order valence-electron chi connectivity index (χ4n) is 3.19. The number of fused-ring (bicyclic) bond motifs is 1. The highest BCUT2D eigenvalue weighted by atomic mass is 32.2. The van der Waals surface area contributed by atoms with Crippen molar-refractivity contribution in [2.24, 2.45) is 0 Å². The van der Waals surface area contributed by atoms with Gasteiger partial charge in [-0.3, -0.25) is 13.8 Å². The molecule has 0 radical (unpaired) electrons. The molecule has 1 aliphatic rings. The fraction of sp³-hybridized carbons (Fsp3) is 0.333. The molecule has 142 valence electrons. The molecule has 2 aromatic rings. The molecule has 0 aromatic heterocycles. The van der Waals surface area contributed by atoms with Gasteiger partial charge in [0.1, 0.15) is 5.25 Å². The van der Waals surface area contributed by atoms with Crippen molar-refractivity contribution in [1.82, 2.24) is 0 Å². The number of carbonyl (C=O) groups is 2. The number of anilines is 2. The Balaban J connectivity index is 1.82.